The van der Waals surface area contributed by atoms with Gasteiger partial charge >= 0.3 is 12.4 Å². The molecule has 3 aliphatic rings. The van der Waals surface area contributed by atoms with Gasteiger partial charge in [-0.15, -0.1) is 0 Å². The van der Waals surface area contributed by atoms with Gasteiger partial charge in [-0.1, -0.05) is 12.1 Å². The molecule has 1 aliphatic carbocycles. The first-order valence-electron chi connectivity index (χ1n) is 11.5. The molecule has 3 fully saturated rings. The number of likely N-dealkylation sites (tertiary alicyclic amines) is 2. The van der Waals surface area contributed by atoms with E-state index in [1.165, 1.54) is 34.1 Å². The van der Waals surface area contributed by atoms with Crippen LogP contribution in [0.4, 0.5) is 26.3 Å². The van der Waals surface area contributed by atoms with Gasteiger partial charge in [0.25, 0.3) is 5.91 Å². The lowest BCUT2D eigenvalue weighted by atomic mass is 9.71. The molecule has 2 amide bonds. The Morgan fingerprint density at radius 2 is 1.65 bits per heavy atom. The van der Waals surface area contributed by atoms with Crippen LogP contribution in [-0.2, 0) is 17.5 Å². The molecule has 2 aliphatic heterocycles. The number of amides is 2. The third kappa shape index (κ3) is 4.22. The quantitative estimate of drug-likeness (QED) is 0.570. The van der Waals surface area contributed by atoms with Gasteiger partial charge in [-0.05, 0) is 30.5 Å². The van der Waals surface area contributed by atoms with Crippen LogP contribution in [0, 0.1) is 28.1 Å². The second-order valence-electron chi connectivity index (χ2n) is 10.1. The van der Waals surface area contributed by atoms with Gasteiger partial charge in [0, 0.05) is 37.8 Å². The minimum absolute atomic E-state index is 0.0150. The van der Waals surface area contributed by atoms with E-state index in [0.29, 0.717) is 5.56 Å². The summed E-state index contributed by atoms with van der Waals surface area (Å²) < 4.78 is 79.6. The Labute approximate surface area is 207 Å². The molecule has 37 heavy (non-hydrogen) atoms. The third-order valence-electron chi connectivity index (χ3n) is 7.60. The summed E-state index contributed by atoms with van der Waals surface area (Å²) in [6.07, 6.45) is -6.76. The van der Waals surface area contributed by atoms with Gasteiger partial charge in [-0.2, -0.15) is 36.7 Å². The standard InChI is InChI=1S/C24H21F6N5O2/c25-23(26,27)17-3-1-15(2-4-17)9-35-10-16(8-32-35)19(36)33-11-18(7-31)21(12-33)13-34(14-21)20(37)22(5-6-22)24(28,29)30/h1-4,8,10,18H,5-6,9,11-14H2. The molecule has 1 aromatic carbocycles. The van der Waals surface area contributed by atoms with Gasteiger partial charge in [0.2, 0.25) is 5.91 Å². The van der Waals surface area contributed by atoms with E-state index in [4.69, 9.17) is 0 Å². The Bertz CT molecular complexity index is 1270. The molecule has 1 atom stereocenters. The van der Waals surface area contributed by atoms with Crippen molar-refractivity contribution in [2.24, 2.45) is 16.7 Å². The number of hydrogen-bond acceptors (Lipinski definition) is 4. The monoisotopic (exact) mass is 525 g/mol. The summed E-state index contributed by atoms with van der Waals surface area (Å²) in [5.41, 5.74) is -3.11. The van der Waals surface area contributed by atoms with E-state index in [2.05, 4.69) is 11.2 Å². The summed E-state index contributed by atoms with van der Waals surface area (Å²) in [7, 11) is 0. The van der Waals surface area contributed by atoms with Gasteiger partial charge in [0.05, 0.1) is 35.9 Å². The highest BCUT2D eigenvalue weighted by molar-refractivity contribution is 5.94. The fourth-order valence-electron chi connectivity index (χ4n) is 5.25. The number of carbonyl (C=O) groups excluding carboxylic acids is 2. The van der Waals surface area contributed by atoms with Crippen LogP contribution in [0.15, 0.2) is 36.7 Å². The van der Waals surface area contributed by atoms with Gasteiger partial charge in [-0.3, -0.25) is 14.3 Å². The second-order valence-corrected chi connectivity index (χ2v) is 10.1. The van der Waals surface area contributed by atoms with Crippen molar-refractivity contribution in [2.45, 2.75) is 31.7 Å². The van der Waals surface area contributed by atoms with Crippen molar-refractivity contribution in [1.82, 2.24) is 19.6 Å². The molecule has 2 aromatic rings. The normalized spacial score (nSPS) is 22.0. The van der Waals surface area contributed by atoms with Crippen molar-refractivity contribution in [2.75, 3.05) is 26.2 Å². The molecular formula is C24H21F6N5O2. The largest absolute Gasteiger partial charge is 0.416 e. The summed E-state index contributed by atoms with van der Waals surface area (Å²) in [6.45, 7) is 0.300. The summed E-state index contributed by atoms with van der Waals surface area (Å²) in [4.78, 5) is 28.2. The highest BCUT2D eigenvalue weighted by Gasteiger charge is 2.71. The number of rotatable bonds is 4. The maximum Gasteiger partial charge on any atom is 0.416 e. The van der Waals surface area contributed by atoms with Crippen LogP contribution < -0.4 is 0 Å². The number of benzene rings is 1. The van der Waals surface area contributed by atoms with Gasteiger partial charge in [0.15, 0.2) is 0 Å². The SMILES string of the molecule is N#CC1CN(C(=O)c2cnn(Cc3ccc(C(F)(F)F)cc3)c2)CC12CN(C(=O)C1(C(F)(F)F)CC1)C2. The Kier molecular flexibility index (Phi) is 5.58. The van der Waals surface area contributed by atoms with Crippen LogP contribution in [0.25, 0.3) is 0 Å². The summed E-state index contributed by atoms with van der Waals surface area (Å²) in [6, 6.07) is 6.70. The first-order valence-corrected chi connectivity index (χ1v) is 11.5. The molecule has 0 bridgehead atoms. The van der Waals surface area contributed by atoms with E-state index >= 15 is 0 Å². The lowest BCUT2D eigenvalue weighted by Crippen LogP contribution is -2.64. The van der Waals surface area contributed by atoms with Crippen molar-refractivity contribution in [3.8, 4) is 6.07 Å². The number of hydrogen-bond donors (Lipinski definition) is 0. The molecule has 1 spiro atoms. The highest BCUT2D eigenvalue weighted by atomic mass is 19.4. The molecule has 7 nitrogen and oxygen atoms in total. The zero-order chi connectivity index (χ0) is 26.8. The minimum Gasteiger partial charge on any atom is -0.340 e. The maximum absolute atomic E-state index is 13.3. The molecule has 0 N–H and O–H groups in total. The molecule has 1 unspecified atom stereocenters. The molecule has 5 rings (SSSR count). The minimum atomic E-state index is -4.61. The lowest BCUT2D eigenvalue weighted by molar-refractivity contribution is -0.204. The van der Waals surface area contributed by atoms with E-state index < -0.39 is 46.5 Å². The van der Waals surface area contributed by atoms with Crippen LogP contribution in [0.5, 0.6) is 0 Å². The van der Waals surface area contributed by atoms with Crippen LogP contribution in [0.2, 0.25) is 0 Å². The Morgan fingerprint density at radius 1 is 1.03 bits per heavy atom. The predicted molar refractivity (Wildman–Crippen MR) is 115 cm³/mol. The number of nitrogens with zero attached hydrogens (tertiary/aromatic N) is 5. The lowest BCUT2D eigenvalue weighted by Gasteiger charge is -2.50. The second kappa shape index (κ2) is 8.22. The van der Waals surface area contributed by atoms with Crippen molar-refractivity contribution < 1.29 is 35.9 Å². The topological polar surface area (TPSA) is 82.2 Å². The average molecular weight is 525 g/mol. The van der Waals surface area contributed by atoms with E-state index in [0.717, 1.165) is 17.0 Å². The molecule has 2 saturated heterocycles. The molecule has 1 saturated carbocycles. The molecule has 3 heterocycles. The first kappa shape index (κ1) is 25.1. The molecule has 13 heteroatoms. The van der Waals surface area contributed by atoms with E-state index in [-0.39, 0.29) is 51.1 Å². The van der Waals surface area contributed by atoms with Crippen molar-refractivity contribution in [3.63, 3.8) is 0 Å². The Hall–Kier alpha value is -3.56. The summed E-state index contributed by atoms with van der Waals surface area (Å²) in [5, 5.41) is 13.7. The summed E-state index contributed by atoms with van der Waals surface area (Å²) in [5.74, 6) is -2.02. The van der Waals surface area contributed by atoms with E-state index in [9.17, 15) is 41.2 Å². The van der Waals surface area contributed by atoms with Crippen LogP contribution in [-0.4, -0.2) is 63.7 Å². The Morgan fingerprint density at radius 3 is 2.19 bits per heavy atom. The summed E-state index contributed by atoms with van der Waals surface area (Å²) >= 11 is 0. The van der Waals surface area contributed by atoms with E-state index in [1.54, 1.807) is 0 Å². The highest BCUT2D eigenvalue weighted by Crippen LogP contribution is 2.60. The molecule has 1 aromatic heterocycles. The number of aromatic nitrogens is 2. The smallest absolute Gasteiger partial charge is 0.340 e. The fraction of sp³-hybridized carbons (Fsp3) is 0.500. The van der Waals surface area contributed by atoms with Crippen molar-refractivity contribution in [1.29, 1.82) is 5.26 Å². The van der Waals surface area contributed by atoms with E-state index in [1.807, 2.05) is 0 Å². The van der Waals surface area contributed by atoms with Crippen LogP contribution in [0.3, 0.4) is 0 Å². The van der Waals surface area contributed by atoms with Gasteiger partial charge < -0.3 is 9.80 Å². The van der Waals surface area contributed by atoms with Crippen LogP contribution in [0.1, 0.15) is 34.3 Å². The molecular weight excluding hydrogens is 504 g/mol. The zero-order valence-electron chi connectivity index (χ0n) is 19.3. The predicted octanol–water partition coefficient (Wildman–Crippen LogP) is 3.72. The molecule has 196 valence electrons. The Balaban J connectivity index is 1.22. The zero-order valence-corrected chi connectivity index (χ0v) is 19.3. The average Bonchev–Trinajstić information content (AvgIpc) is 3.36. The van der Waals surface area contributed by atoms with Crippen molar-refractivity contribution >= 4 is 11.8 Å². The van der Waals surface area contributed by atoms with Gasteiger partial charge in [0.1, 0.15) is 5.41 Å². The first-order chi connectivity index (χ1) is 17.3. The number of carbonyl (C=O) groups is 2. The number of alkyl halides is 6. The van der Waals surface area contributed by atoms with Crippen molar-refractivity contribution in [3.05, 3.63) is 53.3 Å². The maximum atomic E-state index is 13.3. The third-order valence-corrected chi connectivity index (χ3v) is 7.60. The fourth-order valence-corrected chi connectivity index (χ4v) is 5.25. The number of halogens is 6. The molecule has 0 radical (unpaired) electrons. The van der Waals surface area contributed by atoms with Gasteiger partial charge in [-0.25, -0.2) is 0 Å². The number of nitriles is 1. The van der Waals surface area contributed by atoms with Crippen LogP contribution >= 0.6 is 0 Å².